The molecule has 2 fully saturated rings. The summed E-state index contributed by atoms with van der Waals surface area (Å²) in [6, 6.07) is 1.51. The van der Waals surface area contributed by atoms with Crippen LogP contribution >= 0.6 is 23.2 Å². The second kappa shape index (κ2) is 6.90. The maximum atomic E-state index is 14.4. The lowest BCUT2D eigenvalue weighted by Gasteiger charge is -2.36. The summed E-state index contributed by atoms with van der Waals surface area (Å²) < 4.78 is 33.9. The summed E-state index contributed by atoms with van der Waals surface area (Å²) in [5, 5.41) is 12.5. The van der Waals surface area contributed by atoms with E-state index in [0.717, 1.165) is 4.90 Å². The van der Waals surface area contributed by atoms with E-state index >= 15 is 0 Å². The number of hydrogen-bond acceptors (Lipinski definition) is 5. The Bertz CT molecular complexity index is 988. The van der Waals surface area contributed by atoms with Crippen molar-refractivity contribution in [3.63, 3.8) is 0 Å². The summed E-state index contributed by atoms with van der Waals surface area (Å²) in [5.74, 6) is -9.69. The molecule has 1 unspecified atom stereocenters. The van der Waals surface area contributed by atoms with Gasteiger partial charge < -0.3 is 15.2 Å². The average Bonchev–Trinajstić information content (AvgIpc) is 3.23. The number of alkyl halides is 2. The third-order valence-electron chi connectivity index (χ3n) is 5.96. The Morgan fingerprint density at radius 3 is 2.73 bits per heavy atom. The van der Waals surface area contributed by atoms with E-state index in [-0.39, 0.29) is 27.9 Å². The lowest BCUT2D eigenvalue weighted by molar-refractivity contribution is -0.161. The molecule has 1 amide bonds. The minimum absolute atomic E-state index is 0.0288. The van der Waals surface area contributed by atoms with E-state index < -0.39 is 60.2 Å². The first-order valence-corrected chi connectivity index (χ1v) is 9.76. The molecule has 0 saturated carbocycles. The second-order valence-corrected chi connectivity index (χ2v) is 8.31. The average molecular weight is 461 g/mol. The molecule has 2 saturated heterocycles. The minimum Gasteiger partial charge on any atom is -0.481 e. The van der Waals surface area contributed by atoms with Crippen molar-refractivity contribution in [1.29, 1.82) is 0 Å². The number of amides is 1. The van der Waals surface area contributed by atoms with Gasteiger partial charge in [0.1, 0.15) is 18.1 Å². The van der Waals surface area contributed by atoms with Crippen LogP contribution in [0.4, 0.5) is 14.5 Å². The maximum absolute atomic E-state index is 14.4. The van der Waals surface area contributed by atoms with Crippen LogP contribution in [-0.2, 0) is 24.7 Å². The van der Waals surface area contributed by atoms with Gasteiger partial charge in [-0.25, -0.2) is 8.78 Å². The zero-order valence-electron chi connectivity index (χ0n) is 15.3. The molecule has 0 radical (unpaired) electrons. The fourth-order valence-electron chi connectivity index (χ4n) is 4.99. The molecule has 2 N–H and O–H groups in total. The van der Waals surface area contributed by atoms with Gasteiger partial charge in [0.25, 0.3) is 11.8 Å². The van der Waals surface area contributed by atoms with E-state index in [1.165, 1.54) is 18.2 Å². The zero-order valence-corrected chi connectivity index (χ0v) is 16.8. The first kappa shape index (κ1) is 21.0. The molecule has 1 spiro atoms. The van der Waals surface area contributed by atoms with Crippen LogP contribution in [0.2, 0.25) is 10.0 Å². The van der Waals surface area contributed by atoms with E-state index in [1.54, 1.807) is 0 Å². The van der Waals surface area contributed by atoms with Crippen molar-refractivity contribution in [3.8, 4) is 0 Å². The summed E-state index contributed by atoms with van der Waals surface area (Å²) in [7, 11) is 0. The van der Waals surface area contributed by atoms with E-state index in [9.17, 15) is 28.3 Å². The SMILES string of the molecule is C=CCOC(=O)[C@H]1[C@@H](C(=O)O)[C@H]2CC(F)(F)CN2C12C(=O)Nc1c2ccc(Cl)c1Cl. The Morgan fingerprint density at radius 2 is 2.10 bits per heavy atom. The largest absolute Gasteiger partial charge is 0.481 e. The number of carbonyl (C=O) groups is 3. The van der Waals surface area contributed by atoms with Crippen molar-refractivity contribution in [2.45, 2.75) is 23.9 Å². The number of benzene rings is 1. The highest BCUT2D eigenvalue weighted by atomic mass is 35.5. The highest BCUT2D eigenvalue weighted by Gasteiger charge is 2.74. The Balaban J connectivity index is 1.98. The van der Waals surface area contributed by atoms with Crippen LogP contribution in [0, 0.1) is 11.8 Å². The third-order valence-corrected chi connectivity index (χ3v) is 6.76. The topological polar surface area (TPSA) is 95.9 Å². The smallest absolute Gasteiger partial charge is 0.313 e. The van der Waals surface area contributed by atoms with Crippen molar-refractivity contribution in [3.05, 3.63) is 40.4 Å². The predicted molar refractivity (Wildman–Crippen MR) is 103 cm³/mol. The number of carboxylic acids is 1. The Hall–Kier alpha value is -2.23. The van der Waals surface area contributed by atoms with Crippen molar-refractivity contribution in [2.24, 2.45) is 11.8 Å². The predicted octanol–water partition coefficient (Wildman–Crippen LogP) is 2.91. The molecule has 3 aliphatic heterocycles. The Kier molecular flexibility index (Phi) is 4.83. The van der Waals surface area contributed by atoms with Gasteiger partial charge in [-0.2, -0.15) is 0 Å². The Morgan fingerprint density at radius 1 is 1.40 bits per heavy atom. The van der Waals surface area contributed by atoms with Crippen molar-refractivity contribution < 1.29 is 33.0 Å². The van der Waals surface area contributed by atoms with Gasteiger partial charge in [0.15, 0.2) is 0 Å². The number of carboxylic acid groups (broad SMARTS) is 1. The van der Waals surface area contributed by atoms with Crippen LogP contribution in [0.3, 0.4) is 0 Å². The van der Waals surface area contributed by atoms with Crippen LogP contribution < -0.4 is 5.32 Å². The van der Waals surface area contributed by atoms with Gasteiger partial charge in [-0.05, 0) is 6.07 Å². The van der Waals surface area contributed by atoms with Crippen LogP contribution in [0.25, 0.3) is 0 Å². The normalized spacial score (nSPS) is 31.3. The molecule has 30 heavy (non-hydrogen) atoms. The molecule has 1 aromatic carbocycles. The van der Waals surface area contributed by atoms with Gasteiger partial charge in [0, 0.05) is 18.0 Å². The molecule has 11 heteroatoms. The van der Waals surface area contributed by atoms with Crippen LogP contribution in [-0.4, -0.2) is 53.0 Å². The number of rotatable bonds is 4. The summed E-state index contributed by atoms with van der Waals surface area (Å²) in [6.07, 6.45) is 0.477. The van der Waals surface area contributed by atoms with Gasteiger partial charge in [-0.1, -0.05) is 41.9 Å². The maximum Gasteiger partial charge on any atom is 0.313 e. The van der Waals surface area contributed by atoms with Crippen molar-refractivity contribution >= 4 is 46.7 Å². The highest BCUT2D eigenvalue weighted by Crippen LogP contribution is 2.61. The molecule has 0 aliphatic carbocycles. The molecule has 0 aromatic heterocycles. The number of carbonyl (C=O) groups excluding carboxylic acids is 2. The van der Waals surface area contributed by atoms with Gasteiger partial charge in [-0.15, -0.1) is 0 Å². The molecular formula is C19H16Cl2F2N2O5. The van der Waals surface area contributed by atoms with Gasteiger partial charge in [0.2, 0.25) is 0 Å². The lowest BCUT2D eigenvalue weighted by Crippen LogP contribution is -2.54. The van der Waals surface area contributed by atoms with Gasteiger partial charge in [0.05, 0.1) is 28.2 Å². The molecular weight excluding hydrogens is 445 g/mol. The molecule has 3 aliphatic rings. The highest BCUT2D eigenvalue weighted by molar-refractivity contribution is 6.44. The van der Waals surface area contributed by atoms with Crippen LogP contribution in [0.1, 0.15) is 12.0 Å². The number of anilines is 1. The number of nitrogens with zero attached hydrogens (tertiary/aromatic N) is 1. The number of halogens is 4. The van der Waals surface area contributed by atoms with Gasteiger partial charge >= 0.3 is 11.9 Å². The second-order valence-electron chi connectivity index (χ2n) is 7.52. The number of aliphatic carboxylic acids is 1. The fraction of sp³-hybridized carbons (Fsp3) is 0.421. The third kappa shape index (κ3) is 2.68. The molecule has 160 valence electrons. The molecule has 0 bridgehead atoms. The van der Waals surface area contributed by atoms with Crippen molar-refractivity contribution in [1.82, 2.24) is 4.90 Å². The standard InChI is InChI=1S/C19H16Cl2F2N2O5/c1-2-5-30-16(28)12-11(15(26)27)10-6-18(22,23)7-25(10)19(12)8-3-4-9(20)13(21)14(8)24-17(19)29/h2-4,10-12H,1,5-7H2,(H,24,29)(H,26,27)/t10-,11+,12-,19?/m1/s1. The number of ether oxygens (including phenoxy) is 1. The molecule has 1 aromatic rings. The number of hydrogen-bond donors (Lipinski definition) is 2. The number of fused-ring (bicyclic) bond motifs is 4. The summed E-state index contributed by atoms with van der Waals surface area (Å²) in [4.78, 5) is 39.6. The summed E-state index contributed by atoms with van der Waals surface area (Å²) in [5.41, 5.74) is -1.83. The van der Waals surface area contributed by atoms with E-state index in [1.807, 2.05) is 0 Å². The molecule has 4 rings (SSSR count). The Labute approximate surface area is 179 Å². The summed E-state index contributed by atoms with van der Waals surface area (Å²) >= 11 is 12.2. The van der Waals surface area contributed by atoms with Crippen molar-refractivity contribution in [2.75, 3.05) is 18.5 Å². The number of esters is 1. The zero-order chi connectivity index (χ0) is 22.0. The monoisotopic (exact) mass is 460 g/mol. The van der Waals surface area contributed by atoms with Crippen LogP contribution in [0.5, 0.6) is 0 Å². The van der Waals surface area contributed by atoms with Gasteiger partial charge in [-0.3, -0.25) is 19.3 Å². The van der Waals surface area contributed by atoms with Crippen LogP contribution in [0.15, 0.2) is 24.8 Å². The molecule has 7 nitrogen and oxygen atoms in total. The first-order valence-electron chi connectivity index (χ1n) is 9.01. The minimum atomic E-state index is -3.24. The first-order chi connectivity index (χ1) is 14.1. The quantitative estimate of drug-likeness (QED) is 0.529. The molecule has 3 heterocycles. The summed E-state index contributed by atoms with van der Waals surface area (Å²) in [6.45, 7) is 2.32. The lowest BCUT2D eigenvalue weighted by atomic mass is 9.74. The fourth-order valence-corrected chi connectivity index (χ4v) is 5.36. The number of nitrogens with one attached hydrogen (secondary N) is 1. The molecule has 4 atom stereocenters. The van der Waals surface area contributed by atoms with E-state index in [0.29, 0.717) is 0 Å². The van der Waals surface area contributed by atoms with E-state index in [4.69, 9.17) is 27.9 Å². The van der Waals surface area contributed by atoms with E-state index in [2.05, 4.69) is 11.9 Å².